The second kappa shape index (κ2) is 9.54. The molecule has 0 radical (unpaired) electrons. The fourth-order valence-electron chi connectivity index (χ4n) is 5.52. The molecule has 1 unspecified atom stereocenters. The Hall–Kier alpha value is -2.26. The summed E-state index contributed by atoms with van der Waals surface area (Å²) in [6.45, 7) is 2.53. The van der Waals surface area contributed by atoms with Crippen LogP contribution in [0, 0.1) is 0 Å². The van der Waals surface area contributed by atoms with E-state index in [4.69, 9.17) is 4.74 Å². The molecule has 0 saturated carbocycles. The van der Waals surface area contributed by atoms with E-state index in [2.05, 4.69) is 20.3 Å². The van der Waals surface area contributed by atoms with E-state index in [9.17, 15) is 4.79 Å². The molecule has 8 nitrogen and oxygen atoms in total. The predicted octanol–water partition coefficient (Wildman–Crippen LogP) is 2.84. The summed E-state index contributed by atoms with van der Waals surface area (Å²) in [6, 6.07) is 6.85. The summed E-state index contributed by atoms with van der Waals surface area (Å²) in [5.41, 5.74) is 2.98. The number of morpholine rings is 1. The first-order chi connectivity index (χ1) is 15.2. The van der Waals surface area contributed by atoms with Crippen LogP contribution in [0.25, 0.3) is 11.2 Å². The van der Waals surface area contributed by atoms with Gasteiger partial charge in [0.25, 0.3) is 5.91 Å². The Bertz CT molecular complexity index is 1110. The number of imidazole rings is 1. The lowest BCUT2D eigenvalue weighted by Crippen LogP contribution is -2.60. The fraction of sp³-hybridized carbons (Fsp3) is 0.478. The average Bonchev–Trinajstić information content (AvgIpc) is 3.36. The summed E-state index contributed by atoms with van der Waals surface area (Å²) in [6.07, 6.45) is 11.5. The highest BCUT2D eigenvalue weighted by Gasteiger charge is 2.47. The standard InChI is InChI=1S/C23H26N6O2.2ClH/c30-22(28-6-7-31-23(14-28)9-18-3-4-19(10-23)27-18)17-8-20-21(25-12-17)29(15-26-20)13-16-2-1-5-24-11-16;;/h1-2,5,8,11-12,15,18-19,27H,3-4,6-7,9-10,13-14H2;2*1H/t18-,19+,23?;;. The van der Waals surface area contributed by atoms with Crippen LogP contribution >= 0.6 is 24.8 Å². The highest BCUT2D eigenvalue weighted by atomic mass is 35.5. The molecular formula is C23H28Cl2N6O2. The SMILES string of the molecule is Cl.Cl.O=C(c1cnc2c(c1)ncn2Cc1cccnc1)N1CCOC2(C[C@H]3CC[C@@H](C2)N3)C1. The minimum Gasteiger partial charge on any atom is -0.371 e. The summed E-state index contributed by atoms with van der Waals surface area (Å²) < 4.78 is 8.24. The van der Waals surface area contributed by atoms with Crippen LogP contribution in [0.15, 0.2) is 43.1 Å². The molecule has 3 aromatic rings. The van der Waals surface area contributed by atoms with Crippen molar-refractivity contribution in [2.45, 2.75) is 49.9 Å². The lowest BCUT2D eigenvalue weighted by molar-refractivity contribution is -0.122. The summed E-state index contributed by atoms with van der Waals surface area (Å²) in [4.78, 5) is 28.5. The van der Waals surface area contributed by atoms with Gasteiger partial charge in [-0.05, 0) is 43.4 Å². The zero-order valence-corrected chi connectivity index (χ0v) is 19.9. The molecule has 3 saturated heterocycles. The number of fused-ring (bicyclic) bond motifs is 3. The molecule has 33 heavy (non-hydrogen) atoms. The Morgan fingerprint density at radius 2 is 2.00 bits per heavy atom. The Morgan fingerprint density at radius 3 is 2.76 bits per heavy atom. The normalized spacial score (nSPS) is 26.1. The number of hydrogen-bond donors (Lipinski definition) is 1. The van der Waals surface area contributed by atoms with Crippen molar-refractivity contribution < 1.29 is 9.53 Å². The first-order valence-electron chi connectivity index (χ1n) is 11.1. The number of hydrogen-bond acceptors (Lipinski definition) is 6. The molecule has 3 aromatic heterocycles. The number of nitrogens with zero attached hydrogens (tertiary/aromatic N) is 5. The quantitative estimate of drug-likeness (QED) is 0.607. The van der Waals surface area contributed by atoms with Crippen LogP contribution in [-0.4, -0.2) is 67.7 Å². The number of pyridine rings is 2. The third kappa shape index (κ3) is 4.57. The van der Waals surface area contributed by atoms with Gasteiger partial charge in [0.05, 0.1) is 37.2 Å². The Morgan fingerprint density at radius 1 is 1.18 bits per heavy atom. The van der Waals surface area contributed by atoms with Gasteiger partial charge in [-0.1, -0.05) is 6.07 Å². The van der Waals surface area contributed by atoms with E-state index in [-0.39, 0.29) is 36.3 Å². The first-order valence-corrected chi connectivity index (χ1v) is 11.1. The van der Waals surface area contributed by atoms with Crippen molar-refractivity contribution in [2.24, 2.45) is 0 Å². The maximum absolute atomic E-state index is 13.3. The van der Waals surface area contributed by atoms with E-state index in [0.29, 0.717) is 43.9 Å². The summed E-state index contributed by atoms with van der Waals surface area (Å²) >= 11 is 0. The van der Waals surface area contributed by atoms with E-state index < -0.39 is 0 Å². The second-order valence-electron chi connectivity index (χ2n) is 9.10. The highest BCUT2D eigenvalue weighted by Crippen LogP contribution is 2.38. The number of nitrogens with one attached hydrogen (secondary N) is 1. The summed E-state index contributed by atoms with van der Waals surface area (Å²) in [5, 5.41) is 3.67. The molecule has 3 aliphatic rings. The van der Waals surface area contributed by atoms with Crippen molar-refractivity contribution >= 4 is 41.9 Å². The van der Waals surface area contributed by atoms with Crippen LogP contribution in [0.5, 0.6) is 0 Å². The largest absolute Gasteiger partial charge is 0.371 e. The Balaban J connectivity index is 0.00000130. The topological polar surface area (TPSA) is 85.2 Å². The van der Waals surface area contributed by atoms with Crippen molar-refractivity contribution in [1.82, 2.24) is 29.7 Å². The molecule has 3 atom stereocenters. The lowest BCUT2D eigenvalue weighted by Gasteiger charge is -2.47. The van der Waals surface area contributed by atoms with Gasteiger partial charge < -0.3 is 19.5 Å². The third-order valence-electron chi connectivity index (χ3n) is 6.89. The molecule has 6 rings (SSSR count). The average molecular weight is 491 g/mol. The molecule has 0 aliphatic carbocycles. The molecule has 2 bridgehead atoms. The molecular weight excluding hydrogens is 463 g/mol. The molecule has 176 valence electrons. The van der Waals surface area contributed by atoms with Crippen LogP contribution in [0.2, 0.25) is 0 Å². The number of piperidine rings is 1. The van der Waals surface area contributed by atoms with Crippen LogP contribution in [0.4, 0.5) is 0 Å². The smallest absolute Gasteiger partial charge is 0.255 e. The zero-order chi connectivity index (χ0) is 20.8. The molecule has 1 amide bonds. The van der Waals surface area contributed by atoms with Gasteiger partial charge in [0.2, 0.25) is 0 Å². The van der Waals surface area contributed by atoms with Crippen molar-refractivity contribution in [3.8, 4) is 0 Å². The van der Waals surface area contributed by atoms with Gasteiger partial charge in [-0.25, -0.2) is 9.97 Å². The zero-order valence-electron chi connectivity index (χ0n) is 18.2. The molecule has 1 N–H and O–H groups in total. The van der Waals surface area contributed by atoms with Gasteiger partial charge in [0.1, 0.15) is 5.52 Å². The maximum Gasteiger partial charge on any atom is 0.255 e. The number of carbonyl (C=O) groups is 1. The predicted molar refractivity (Wildman–Crippen MR) is 129 cm³/mol. The minimum absolute atomic E-state index is 0. The van der Waals surface area contributed by atoms with Crippen molar-refractivity contribution in [3.63, 3.8) is 0 Å². The molecule has 3 fully saturated rings. The fourth-order valence-corrected chi connectivity index (χ4v) is 5.52. The lowest BCUT2D eigenvalue weighted by atomic mass is 9.85. The maximum atomic E-state index is 13.3. The van der Waals surface area contributed by atoms with Crippen molar-refractivity contribution in [3.05, 3.63) is 54.2 Å². The van der Waals surface area contributed by atoms with E-state index in [0.717, 1.165) is 29.6 Å². The van der Waals surface area contributed by atoms with E-state index in [1.807, 2.05) is 33.9 Å². The monoisotopic (exact) mass is 490 g/mol. The first kappa shape index (κ1) is 23.9. The van der Waals surface area contributed by atoms with E-state index in [1.165, 1.54) is 12.8 Å². The number of halogens is 2. The van der Waals surface area contributed by atoms with Gasteiger partial charge in [0.15, 0.2) is 5.65 Å². The van der Waals surface area contributed by atoms with Gasteiger partial charge in [-0.15, -0.1) is 24.8 Å². The Labute approximate surface area is 205 Å². The number of rotatable bonds is 3. The van der Waals surface area contributed by atoms with Crippen LogP contribution < -0.4 is 5.32 Å². The van der Waals surface area contributed by atoms with Crippen molar-refractivity contribution in [1.29, 1.82) is 0 Å². The summed E-state index contributed by atoms with van der Waals surface area (Å²) in [5.74, 6) is 0.0183. The van der Waals surface area contributed by atoms with Gasteiger partial charge in [-0.2, -0.15) is 0 Å². The second-order valence-corrected chi connectivity index (χ2v) is 9.10. The molecule has 10 heteroatoms. The van der Waals surface area contributed by atoms with Gasteiger partial charge >= 0.3 is 0 Å². The van der Waals surface area contributed by atoms with Gasteiger partial charge in [-0.3, -0.25) is 9.78 Å². The minimum atomic E-state index is -0.201. The van der Waals surface area contributed by atoms with Crippen LogP contribution in [0.1, 0.15) is 41.6 Å². The Kier molecular flexibility index (Phi) is 6.91. The molecule has 0 aromatic carbocycles. The van der Waals surface area contributed by atoms with E-state index in [1.54, 1.807) is 18.7 Å². The molecule has 1 spiro atoms. The molecule has 6 heterocycles. The van der Waals surface area contributed by atoms with Crippen LogP contribution in [-0.2, 0) is 11.3 Å². The summed E-state index contributed by atoms with van der Waals surface area (Å²) in [7, 11) is 0. The van der Waals surface area contributed by atoms with Gasteiger partial charge in [0, 0.05) is 37.2 Å². The molecule has 3 aliphatic heterocycles. The number of amides is 1. The number of ether oxygens (including phenoxy) is 1. The number of carbonyl (C=O) groups excluding carboxylic acids is 1. The van der Waals surface area contributed by atoms with Crippen molar-refractivity contribution in [2.75, 3.05) is 19.7 Å². The van der Waals surface area contributed by atoms with E-state index >= 15 is 0 Å². The highest BCUT2D eigenvalue weighted by molar-refractivity contribution is 5.96. The third-order valence-corrected chi connectivity index (χ3v) is 6.89. The number of aromatic nitrogens is 4. The van der Waals surface area contributed by atoms with Crippen LogP contribution in [0.3, 0.4) is 0 Å².